The average Bonchev–Trinajstić information content (AvgIpc) is 3.32. The first-order chi connectivity index (χ1) is 16.5. The molecule has 7 nitrogen and oxygen atoms in total. The number of likely N-dealkylation sites (N-methyl/N-ethyl adjacent to an activating group) is 1. The van der Waals surface area contributed by atoms with Crippen LogP contribution in [-0.4, -0.2) is 74.3 Å². The van der Waals surface area contributed by atoms with E-state index in [-0.39, 0.29) is 17.6 Å². The van der Waals surface area contributed by atoms with E-state index < -0.39 is 0 Å². The summed E-state index contributed by atoms with van der Waals surface area (Å²) in [4.78, 5) is 34.2. The maximum absolute atomic E-state index is 13.0. The number of ether oxygens (including phenoxy) is 1. The average molecular weight is 460 g/mol. The van der Waals surface area contributed by atoms with E-state index in [1.165, 1.54) is 0 Å². The van der Waals surface area contributed by atoms with Crippen molar-refractivity contribution in [2.75, 3.05) is 46.9 Å². The highest BCUT2D eigenvalue weighted by atomic mass is 16.5. The van der Waals surface area contributed by atoms with Crippen LogP contribution in [0.25, 0.3) is 22.1 Å². The Balaban J connectivity index is 1.43. The van der Waals surface area contributed by atoms with Crippen molar-refractivity contribution in [3.63, 3.8) is 0 Å². The molecule has 0 N–H and O–H groups in total. The fourth-order valence-corrected chi connectivity index (χ4v) is 4.86. The second kappa shape index (κ2) is 9.52. The first-order valence-electron chi connectivity index (χ1n) is 11.7. The number of nitrogens with zero attached hydrogens (tertiary/aromatic N) is 3. The summed E-state index contributed by atoms with van der Waals surface area (Å²) in [6.07, 6.45) is 2.15. The first kappa shape index (κ1) is 22.5. The van der Waals surface area contributed by atoms with Crippen molar-refractivity contribution in [3.8, 4) is 11.1 Å². The lowest BCUT2D eigenvalue weighted by molar-refractivity contribution is 0.0744. The van der Waals surface area contributed by atoms with Crippen LogP contribution in [0.2, 0.25) is 0 Å². The number of furan rings is 1. The van der Waals surface area contributed by atoms with Crippen molar-refractivity contribution in [1.29, 1.82) is 0 Å². The quantitative estimate of drug-likeness (QED) is 0.554. The number of carbonyl (C=O) groups excluding carboxylic acids is 2. The van der Waals surface area contributed by atoms with E-state index in [4.69, 9.17) is 9.15 Å². The topological polar surface area (TPSA) is 75.3 Å². The number of benzene rings is 2. The SMILES string of the molecule is COCCN(C)C(=O)c1cccc(-c2cccc3cc(C(=O)N=C4CN5CCC4CC5)oc23)c1. The number of methoxy groups -OCH3 is 1. The predicted molar refractivity (Wildman–Crippen MR) is 131 cm³/mol. The molecule has 6 rings (SSSR count). The molecule has 3 saturated heterocycles. The number of para-hydroxylation sites is 1. The molecule has 2 bridgehead atoms. The van der Waals surface area contributed by atoms with Gasteiger partial charge in [-0.05, 0) is 49.7 Å². The number of aliphatic imine (C=N–C) groups is 1. The number of rotatable bonds is 6. The minimum atomic E-state index is -0.324. The van der Waals surface area contributed by atoms with Crippen molar-refractivity contribution in [2.45, 2.75) is 12.8 Å². The smallest absolute Gasteiger partial charge is 0.312 e. The molecule has 0 saturated carbocycles. The minimum Gasteiger partial charge on any atom is -0.450 e. The number of amides is 2. The normalized spacial score (nSPS) is 20.7. The third-order valence-corrected chi connectivity index (χ3v) is 6.84. The summed E-state index contributed by atoms with van der Waals surface area (Å²) in [7, 11) is 3.38. The fourth-order valence-electron chi connectivity index (χ4n) is 4.86. The van der Waals surface area contributed by atoms with Gasteiger partial charge in [-0.25, -0.2) is 4.99 Å². The summed E-state index contributed by atoms with van der Waals surface area (Å²) in [5, 5.41) is 0.837. The Hall–Kier alpha value is -3.29. The zero-order chi connectivity index (χ0) is 23.7. The highest BCUT2D eigenvalue weighted by Crippen LogP contribution is 2.32. The molecule has 0 unspecified atom stereocenters. The van der Waals surface area contributed by atoms with E-state index >= 15 is 0 Å². The number of carbonyl (C=O) groups is 2. The van der Waals surface area contributed by atoms with Crippen molar-refractivity contribution >= 4 is 28.5 Å². The summed E-state index contributed by atoms with van der Waals surface area (Å²) >= 11 is 0. The minimum absolute atomic E-state index is 0.0743. The summed E-state index contributed by atoms with van der Waals surface area (Å²) in [5.41, 5.74) is 3.88. The number of hydrogen-bond donors (Lipinski definition) is 0. The second-order valence-electron chi connectivity index (χ2n) is 9.09. The Bertz CT molecular complexity index is 1250. The molecule has 3 fully saturated rings. The van der Waals surface area contributed by atoms with E-state index in [1.807, 2.05) is 36.4 Å². The number of piperidine rings is 3. The van der Waals surface area contributed by atoms with E-state index in [0.29, 0.717) is 30.2 Å². The van der Waals surface area contributed by atoms with Gasteiger partial charge in [-0.3, -0.25) is 14.5 Å². The van der Waals surface area contributed by atoms with Crippen LogP contribution >= 0.6 is 0 Å². The van der Waals surface area contributed by atoms with Gasteiger partial charge in [0, 0.05) is 55.4 Å². The van der Waals surface area contributed by atoms with Crippen molar-refractivity contribution in [2.24, 2.45) is 10.9 Å². The van der Waals surface area contributed by atoms with Crippen LogP contribution in [0.15, 0.2) is 57.9 Å². The summed E-state index contributed by atoms with van der Waals surface area (Å²) in [6, 6.07) is 15.0. The first-order valence-corrected chi connectivity index (χ1v) is 11.7. The van der Waals surface area contributed by atoms with Crippen LogP contribution in [0.5, 0.6) is 0 Å². The third kappa shape index (κ3) is 4.41. The molecule has 34 heavy (non-hydrogen) atoms. The molecule has 3 aliphatic heterocycles. The van der Waals surface area contributed by atoms with Crippen molar-refractivity contribution in [3.05, 3.63) is 59.9 Å². The Labute approximate surface area is 199 Å². The lowest BCUT2D eigenvalue weighted by Gasteiger charge is -2.39. The predicted octanol–water partition coefficient (Wildman–Crippen LogP) is 4.13. The highest BCUT2D eigenvalue weighted by molar-refractivity contribution is 6.07. The van der Waals surface area contributed by atoms with Gasteiger partial charge in [-0.1, -0.05) is 30.3 Å². The second-order valence-corrected chi connectivity index (χ2v) is 9.09. The molecule has 2 aromatic carbocycles. The van der Waals surface area contributed by atoms with Gasteiger partial charge in [0.1, 0.15) is 5.58 Å². The zero-order valence-electron chi connectivity index (χ0n) is 19.6. The molecule has 3 aliphatic rings. The molecule has 176 valence electrons. The van der Waals surface area contributed by atoms with Gasteiger partial charge < -0.3 is 14.1 Å². The van der Waals surface area contributed by atoms with Crippen LogP contribution in [0, 0.1) is 5.92 Å². The summed E-state index contributed by atoms with van der Waals surface area (Å²) in [6.45, 7) is 3.96. The van der Waals surface area contributed by atoms with Gasteiger partial charge in [0.15, 0.2) is 5.76 Å². The Morgan fingerprint density at radius 1 is 1.15 bits per heavy atom. The lowest BCUT2D eigenvalue weighted by Crippen LogP contribution is -2.48. The standard InChI is InChI=1S/C27H29N3O4/c1-29(13-14-33-2)27(32)21-7-3-5-19(15-21)22-8-4-6-20-16-24(34-25(20)22)26(31)28-23-17-30-11-9-18(23)10-12-30/h3-8,15-16,18H,9-14,17H2,1-2H3. The number of hydrogen-bond acceptors (Lipinski definition) is 5. The Morgan fingerprint density at radius 2 is 1.94 bits per heavy atom. The van der Waals surface area contributed by atoms with Crippen LogP contribution in [-0.2, 0) is 4.74 Å². The van der Waals surface area contributed by atoms with Crippen molar-refractivity contribution in [1.82, 2.24) is 9.80 Å². The lowest BCUT2D eigenvalue weighted by atomic mass is 9.86. The maximum Gasteiger partial charge on any atom is 0.312 e. The number of fused-ring (bicyclic) bond motifs is 4. The van der Waals surface area contributed by atoms with Gasteiger partial charge in [0.25, 0.3) is 5.91 Å². The molecule has 0 spiro atoms. The van der Waals surface area contributed by atoms with Gasteiger partial charge in [0.2, 0.25) is 0 Å². The van der Waals surface area contributed by atoms with Gasteiger partial charge >= 0.3 is 5.91 Å². The molecule has 2 amide bonds. The fraction of sp³-hybridized carbons (Fsp3) is 0.370. The monoisotopic (exact) mass is 459 g/mol. The van der Waals surface area contributed by atoms with Crippen LogP contribution in [0.1, 0.15) is 33.8 Å². The van der Waals surface area contributed by atoms with Gasteiger partial charge in [-0.15, -0.1) is 0 Å². The molecule has 1 aromatic heterocycles. The molecule has 4 heterocycles. The molecule has 7 heteroatoms. The third-order valence-electron chi connectivity index (χ3n) is 6.84. The molecular formula is C27H29N3O4. The molecule has 3 aromatic rings. The van der Waals surface area contributed by atoms with E-state index in [9.17, 15) is 9.59 Å². The molecule has 0 radical (unpaired) electrons. The van der Waals surface area contributed by atoms with E-state index in [0.717, 1.165) is 54.7 Å². The van der Waals surface area contributed by atoms with E-state index in [2.05, 4.69) is 9.89 Å². The summed E-state index contributed by atoms with van der Waals surface area (Å²) in [5.74, 6) is 0.262. The summed E-state index contributed by atoms with van der Waals surface area (Å²) < 4.78 is 11.1. The molecule has 0 aliphatic carbocycles. The van der Waals surface area contributed by atoms with Gasteiger partial charge in [-0.2, -0.15) is 0 Å². The zero-order valence-corrected chi connectivity index (χ0v) is 19.6. The van der Waals surface area contributed by atoms with E-state index in [1.54, 1.807) is 31.2 Å². The van der Waals surface area contributed by atoms with Crippen molar-refractivity contribution < 1.29 is 18.7 Å². The largest absolute Gasteiger partial charge is 0.450 e. The van der Waals surface area contributed by atoms with Crippen LogP contribution in [0.3, 0.4) is 0 Å². The highest BCUT2D eigenvalue weighted by Gasteiger charge is 2.31. The molecular weight excluding hydrogens is 430 g/mol. The Morgan fingerprint density at radius 3 is 2.68 bits per heavy atom. The van der Waals surface area contributed by atoms with Crippen LogP contribution < -0.4 is 0 Å². The van der Waals surface area contributed by atoms with Crippen LogP contribution in [0.4, 0.5) is 0 Å². The molecule has 0 atom stereocenters. The Kier molecular flexibility index (Phi) is 6.30. The maximum atomic E-state index is 13.0. The van der Waals surface area contributed by atoms with Gasteiger partial charge in [0.05, 0.1) is 6.61 Å².